The molecule has 0 bridgehead atoms. The molecule has 25 heavy (non-hydrogen) atoms. The highest BCUT2D eigenvalue weighted by Gasteiger charge is 2.21. The molecule has 132 valence electrons. The van der Waals surface area contributed by atoms with Crippen molar-refractivity contribution >= 4 is 23.3 Å². The molecular weight excluding hydrogens is 334 g/mol. The van der Waals surface area contributed by atoms with E-state index in [1.165, 1.54) is 5.56 Å². The van der Waals surface area contributed by atoms with Crippen molar-refractivity contribution in [2.75, 3.05) is 25.0 Å². The molecular formula is C20H24ClN3O. The standard InChI is InChI=1S/C20H24ClN3O/c1-15-9-12-24(13-10-15)20(25)17-4-7-19(23-14-17)22-11-8-16-2-5-18(21)6-3-16/h2-7,14-15H,8-13H2,1H3,(H,22,23). The topological polar surface area (TPSA) is 45.2 Å². The highest BCUT2D eigenvalue weighted by Crippen LogP contribution is 2.18. The number of hydrogen-bond acceptors (Lipinski definition) is 3. The normalized spacial score (nSPS) is 15.2. The van der Waals surface area contributed by atoms with Gasteiger partial charge in [-0.05, 0) is 55.0 Å². The van der Waals surface area contributed by atoms with E-state index in [0.717, 1.165) is 55.7 Å². The predicted molar refractivity (Wildman–Crippen MR) is 102 cm³/mol. The summed E-state index contributed by atoms with van der Waals surface area (Å²) in [6, 6.07) is 11.6. The second-order valence-electron chi connectivity index (χ2n) is 6.71. The molecule has 1 fully saturated rings. The minimum absolute atomic E-state index is 0.0899. The molecule has 1 saturated heterocycles. The van der Waals surface area contributed by atoms with Gasteiger partial charge in [0, 0.05) is 30.9 Å². The lowest BCUT2D eigenvalue weighted by Crippen LogP contribution is -2.37. The highest BCUT2D eigenvalue weighted by molar-refractivity contribution is 6.30. The largest absolute Gasteiger partial charge is 0.370 e. The van der Waals surface area contributed by atoms with Crippen LogP contribution in [-0.4, -0.2) is 35.4 Å². The summed E-state index contributed by atoms with van der Waals surface area (Å²) in [7, 11) is 0. The van der Waals surface area contributed by atoms with Gasteiger partial charge < -0.3 is 10.2 Å². The number of likely N-dealkylation sites (tertiary alicyclic amines) is 1. The number of benzene rings is 1. The summed E-state index contributed by atoms with van der Waals surface area (Å²) in [5.41, 5.74) is 1.89. The quantitative estimate of drug-likeness (QED) is 0.869. The Morgan fingerprint density at radius 1 is 1.20 bits per heavy atom. The zero-order chi connectivity index (χ0) is 17.6. The van der Waals surface area contributed by atoms with E-state index in [1.54, 1.807) is 6.20 Å². The fourth-order valence-corrected chi connectivity index (χ4v) is 3.13. The molecule has 0 aliphatic carbocycles. The molecule has 1 aromatic heterocycles. The average Bonchev–Trinajstić information content (AvgIpc) is 2.64. The molecule has 1 aromatic carbocycles. The van der Waals surface area contributed by atoms with Gasteiger partial charge in [0.15, 0.2) is 0 Å². The molecule has 0 spiro atoms. The predicted octanol–water partition coefficient (Wildman–Crippen LogP) is 4.26. The van der Waals surface area contributed by atoms with Crippen molar-refractivity contribution in [3.8, 4) is 0 Å². The minimum atomic E-state index is 0.0899. The van der Waals surface area contributed by atoms with Gasteiger partial charge >= 0.3 is 0 Å². The second-order valence-corrected chi connectivity index (χ2v) is 7.15. The van der Waals surface area contributed by atoms with Crippen LogP contribution in [0.2, 0.25) is 5.02 Å². The number of carbonyl (C=O) groups excluding carboxylic acids is 1. The first kappa shape index (κ1) is 17.7. The Kier molecular flexibility index (Phi) is 5.92. The van der Waals surface area contributed by atoms with E-state index < -0.39 is 0 Å². The first-order valence-corrected chi connectivity index (χ1v) is 9.23. The fourth-order valence-electron chi connectivity index (χ4n) is 3.01. The molecule has 0 saturated carbocycles. The number of piperidine rings is 1. The summed E-state index contributed by atoms with van der Waals surface area (Å²) >= 11 is 5.89. The van der Waals surface area contributed by atoms with Crippen molar-refractivity contribution < 1.29 is 4.79 Å². The van der Waals surface area contributed by atoms with Gasteiger partial charge in [-0.1, -0.05) is 30.7 Å². The first-order valence-electron chi connectivity index (χ1n) is 8.85. The van der Waals surface area contributed by atoms with Crippen LogP contribution >= 0.6 is 11.6 Å². The molecule has 0 radical (unpaired) electrons. The van der Waals surface area contributed by atoms with E-state index in [2.05, 4.69) is 17.2 Å². The summed E-state index contributed by atoms with van der Waals surface area (Å²) < 4.78 is 0. The van der Waals surface area contributed by atoms with Gasteiger partial charge in [0.2, 0.25) is 0 Å². The van der Waals surface area contributed by atoms with Crippen LogP contribution < -0.4 is 5.32 Å². The zero-order valence-corrected chi connectivity index (χ0v) is 15.3. The maximum absolute atomic E-state index is 12.5. The van der Waals surface area contributed by atoms with Crippen molar-refractivity contribution in [2.24, 2.45) is 5.92 Å². The van der Waals surface area contributed by atoms with Crippen molar-refractivity contribution in [3.63, 3.8) is 0 Å². The van der Waals surface area contributed by atoms with Gasteiger partial charge in [0.05, 0.1) is 5.56 Å². The van der Waals surface area contributed by atoms with Crippen LogP contribution in [0.5, 0.6) is 0 Å². The minimum Gasteiger partial charge on any atom is -0.370 e. The smallest absolute Gasteiger partial charge is 0.255 e. The van der Waals surface area contributed by atoms with Crippen LogP contribution in [0, 0.1) is 5.92 Å². The van der Waals surface area contributed by atoms with Crippen LogP contribution in [0.25, 0.3) is 0 Å². The van der Waals surface area contributed by atoms with E-state index in [4.69, 9.17) is 11.6 Å². The molecule has 3 rings (SSSR count). The Hall–Kier alpha value is -2.07. The van der Waals surface area contributed by atoms with E-state index in [-0.39, 0.29) is 5.91 Å². The van der Waals surface area contributed by atoms with Gasteiger partial charge in [-0.15, -0.1) is 0 Å². The summed E-state index contributed by atoms with van der Waals surface area (Å²) in [4.78, 5) is 18.8. The van der Waals surface area contributed by atoms with Gasteiger partial charge in [0.25, 0.3) is 5.91 Å². The maximum atomic E-state index is 12.5. The van der Waals surface area contributed by atoms with Crippen LogP contribution in [0.15, 0.2) is 42.6 Å². The summed E-state index contributed by atoms with van der Waals surface area (Å²) in [5.74, 6) is 1.60. The number of amides is 1. The third-order valence-electron chi connectivity index (χ3n) is 4.71. The molecule has 1 amide bonds. The lowest BCUT2D eigenvalue weighted by Gasteiger charge is -2.30. The Balaban J connectivity index is 1.50. The molecule has 0 atom stereocenters. The molecule has 1 aliphatic rings. The fraction of sp³-hybridized carbons (Fsp3) is 0.400. The van der Waals surface area contributed by atoms with E-state index >= 15 is 0 Å². The van der Waals surface area contributed by atoms with Crippen LogP contribution in [0.1, 0.15) is 35.7 Å². The van der Waals surface area contributed by atoms with Crippen molar-refractivity contribution in [1.29, 1.82) is 0 Å². The van der Waals surface area contributed by atoms with E-state index in [1.807, 2.05) is 41.3 Å². The number of nitrogens with one attached hydrogen (secondary N) is 1. The van der Waals surface area contributed by atoms with Crippen molar-refractivity contribution in [3.05, 3.63) is 58.7 Å². The van der Waals surface area contributed by atoms with Gasteiger partial charge in [-0.3, -0.25) is 4.79 Å². The molecule has 2 heterocycles. The number of aromatic nitrogens is 1. The van der Waals surface area contributed by atoms with Crippen molar-refractivity contribution in [2.45, 2.75) is 26.2 Å². The Bertz CT molecular complexity index is 692. The van der Waals surface area contributed by atoms with Crippen LogP contribution in [-0.2, 0) is 6.42 Å². The molecule has 1 N–H and O–H groups in total. The third-order valence-corrected chi connectivity index (χ3v) is 4.97. The average molecular weight is 358 g/mol. The number of nitrogens with zero attached hydrogens (tertiary/aromatic N) is 2. The first-order chi connectivity index (χ1) is 12.1. The van der Waals surface area contributed by atoms with E-state index in [9.17, 15) is 4.79 Å². The van der Waals surface area contributed by atoms with Crippen molar-refractivity contribution in [1.82, 2.24) is 9.88 Å². The number of anilines is 1. The molecule has 0 unspecified atom stereocenters. The highest BCUT2D eigenvalue weighted by atomic mass is 35.5. The SMILES string of the molecule is CC1CCN(C(=O)c2ccc(NCCc3ccc(Cl)cc3)nc2)CC1. The Morgan fingerprint density at radius 2 is 1.92 bits per heavy atom. The van der Waals surface area contributed by atoms with E-state index in [0.29, 0.717) is 5.56 Å². The van der Waals surface area contributed by atoms with Gasteiger partial charge in [-0.25, -0.2) is 4.98 Å². The lowest BCUT2D eigenvalue weighted by molar-refractivity contribution is 0.0697. The third kappa shape index (κ3) is 4.95. The molecule has 4 nitrogen and oxygen atoms in total. The monoisotopic (exact) mass is 357 g/mol. The van der Waals surface area contributed by atoms with Crippen LogP contribution in [0.3, 0.4) is 0 Å². The summed E-state index contributed by atoms with van der Waals surface area (Å²) in [6.45, 7) is 4.72. The maximum Gasteiger partial charge on any atom is 0.255 e. The molecule has 1 aliphatic heterocycles. The number of halogens is 1. The summed E-state index contributed by atoms with van der Waals surface area (Å²) in [6.07, 6.45) is 4.74. The second kappa shape index (κ2) is 8.34. The number of rotatable bonds is 5. The Labute approximate surface area is 154 Å². The molecule has 5 heteroatoms. The Morgan fingerprint density at radius 3 is 2.56 bits per heavy atom. The number of pyridine rings is 1. The lowest BCUT2D eigenvalue weighted by atomic mass is 9.99. The summed E-state index contributed by atoms with van der Waals surface area (Å²) in [5, 5.41) is 4.04. The number of carbonyl (C=O) groups is 1. The number of hydrogen-bond donors (Lipinski definition) is 1. The zero-order valence-electron chi connectivity index (χ0n) is 14.5. The van der Waals surface area contributed by atoms with Gasteiger partial charge in [-0.2, -0.15) is 0 Å². The van der Waals surface area contributed by atoms with Gasteiger partial charge in [0.1, 0.15) is 5.82 Å². The molecule has 2 aromatic rings. The van der Waals surface area contributed by atoms with Crippen LogP contribution in [0.4, 0.5) is 5.82 Å².